The molecule has 1 aromatic heterocycles. The normalized spacial score (nSPS) is 11.1. The lowest BCUT2D eigenvalue weighted by atomic mass is 10.2. The summed E-state index contributed by atoms with van der Waals surface area (Å²) in [5.41, 5.74) is 1.28. The summed E-state index contributed by atoms with van der Waals surface area (Å²) in [6, 6.07) is 4.78. The van der Waals surface area contributed by atoms with Gasteiger partial charge in [0.25, 0.3) is 0 Å². The highest BCUT2D eigenvalue weighted by Crippen LogP contribution is 2.09. The number of aromatic nitrogens is 1. The van der Waals surface area contributed by atoms with E-state index < -0.39 is 0 Å². The molecule has 1 N–H and O–H groups in total. The Morgan fingerprint density at radius 2 is 2.06 bits per heavy atom. The maximum Gasteiger partial charge on any atom is 0.125 e. The van der Waals surface area contributed by atoms with Crippen LogP contribution in [0.5, 0.6) is 0 Å². The van der Waals surface area contributed by atoms with E-state index in [4.69, 9.17) is 0 Å². The molecule has 90 valence electrons. The molecule has 0 fully saturated rings. The molecule has 0 radical (unpaired) electrons. The first-order chi connectivity index (χ1) is 7.67. The van der Waals surface area contributed by atoms with Gasteiger partial charge in [0.05, 0.1) is 0 Å². The topological polar surface area (TPSA) is 28.2 Å². The Morgan fingerprint density at radius 1 is 1.31 bits per heavy atom. The van der Waals surface area contributed by atoms with Crippen molar-refractivity contribution in [2.45, 2.75) is 40.3 Å². The quantitative estimate of drug-likeness (QED) is 0.800. The van der Waals surface area contributed by atoms with E-state index >= 15 is 0 Å². The van der Waals surface area contributed by atoms with Gasteiger partial charge in [-0.1, -0.05) is 13.0 Å². The molecule has 0 spiro atoms. The lowest BCUT2D eigenvalue weighted by Gasteiger charge is -2.24. The Morgan fingerprint density at radius 3 is 2.50 bits per heavy atom. The van der Waals surface area contributed by atoms with Crippen LogP contribution in [0.1, 0.15) is 33.3 Å². The summed E-state index contributed by atoms with van der Waals surface area (Å²) in [6.07, 6.45) is 1.96. The Bertz CT molecular complexity index is 293. The molecule has 1 heterocycles. The van der Waals surface area contributed by atoms with Crippen molar-refractivity contribution in [1.29, 1.82) is 0 Å². The summed E-state index contributed by atoms with van der Waals surface area (Å²) in [5, 5.41) is 3.20. The van der Waals surface area contributed by atoms with Gasteiger partial charge in [0, 0.05) is 25.3 Å². The van der Waals surface area contributed by atoms with Crippen LogP contribution in [0.3, 0.4) is 0 Å². The minimum Gasteiger partial charge on any atom is -0.370 e. The number of rotatable bonds is 6. The van der Waals surface area contributed by atoms with E-state index in [1.54, 1.807) is 0 Å². The number of nitrogens with one attached hydrogen (secondary N) is 1. The van der Waals surface area contributed by atoms with Crippen LogP contribution in [0, 0.1) is 0 Å². The minimum atomic E-state index is 0.582. The van der Waals surface area contributed by atoms with Crippen LogP contribution in [0.4, 0.5) is 5.82 Å². The number of pyridine rings is 1. The molecule has 0 unspecified atom stereocenters. The highest BCUT2D eigenvalue weighted by Gasteiger charge is 2.07. The van der Waals surface area contributed by atoms with Gasteiger partial charge < -0.3 is 5.32 Å². The van der Waals surface area contributed by atoms with Crippen LogP contribution in [0.15, 0.2) is 18.3 Å². The van der Waals surface area contributed by atoms with E-state index in [0.29, 0.717) is 6.04 Å². The van der Waals surface area contributed by atoms with Gasteiger partial charge in [0.1, 0.15) is 5.82 Å². The molecule has 0 saturated heterocycles. The summed E-state index contributed by atoms with van der Waals surface area (Å²) >= 11 is 0. The standard InChI is InChI=1S/C13H23N3/c1-5-14-13-8-7-12(9-15-13)10-16(6-2)11(3)4/h7-9,11H,5-6,10H2,1-4H3,(H,14,15). The average Bonchev–Trinajstić information content (AvgIpc) is 2.28. The summed E-state index contributed by atoms with van der Waals surface area (Å²) in [6.45, 7) is 11.7. The zero-order valence-electron chi connectivity index (χ0n) is 10.8. The molecular weight excluding hydrogens is 198 g/mol. The molecule has 1 aromatic rings. The molecule has 0 aliphatic rings. The Kier molecular flexibility index (Phi) is 5.26. The van der Waals surface area contributed by atoms with Crippen LogP contribution in [-0.4, -0.2) is 29.0 Å². The van der Waals surface area contributed by atoms with Crippen LogP contribution in [-0.2, 0) is 6.54 Å². The summed E-state index contributed by atoms with van der Waals surface area (Å²) in [7, 11) is 0. The van der Waals surface area contributed by atoms with Gasteiger partial charge in [0.2, 0.25) is 0 Å². The molecule has 0 atom stereocenters. The maximum absolute atomic E-state index is 4.38. The molecule has 3 heteroatoms. The van der Waals surface area contributed by atoms with Crippen LogP contribution < -0.4 is 5.32 Å². The lowest BCUT2D eigenvalue weighted by Crippen LogP contribution is -2.29. The zero-order chi connectivity index (χ0) is 12.0. The third kappa shape index (κ3) is 3.81. The number of nitrogens with zero attached hydrogens (tertiary/aromatic N) is 2. The fourth-order valence-electron chi connectivity index (χ4n) is 1.70. The molecular formula is C13H23N3. The second-order valence-corrected chi connectivity index (χ2v) is 4.24. The average molecular weight is 221 g/mol. The molecule has 0 amide bonds. The Labute approximate surface area is 98.9 Å². The fourth-order valence-corrected chi connectivity index (χ4v) is 1.70. The minimum absolute atomic E-state index is 0.582. The first-order valence-corrected chi connectivity index (χ1v) is 6.10. The third-order valence-corrected chi connectivity index (χ3v) is 2.70. The predicted molar refractivity (Wildman–Crippen MR) is 69.6 cm³/mol. The van der Waals surface area contributed by atoms with Gasteiger partial charge >= 0.3 is 0 Å². The molecule has 0 bridgehead atoms. The smallest absolute Gasteiger partial charge is 0.125 e. The number of hydrogen-bond acceptors (Lipinski definition) is 3. The van der Waals surface area contributed by atoms with Crippen LogP contribution in [0.2, 0.25) is 0 Å². The van der Waals surface area contributed by atoms with Crippen molar-refractivity contribution in [2.24, 2.45) is 0 Å². The van der Waals surface area contributed by atoms with E-state index in [-0.39, 0.29) is 0 Å². The van der Waals surface area contributed by atoms with E-state index in [2.05, 4.69) is 49.0 Å². The van der Waals surface area contributed by atoms with Gasteiger partial charge in [-0.25, -0.2) is 4.98 Å². The molecule has 0 aromatic carbocycles. The molecule has 0 aliphatic heterocycles. The highest BCUT2D eigenvalue weighted by molar-refractivity contribution is 5.35. The van der Waals surface area contributed by atoms with Gasteiger partial charge in [-0.3, -0.25) is 4.90 Å². The number of anilines is 1. The Hall–Kier alpha value is -1.09. The van der Waals surface area contributed by atoms with Gasteiger partial charge in [-0.15, -0.1) is 0 Å². The summed E-state index contributed by atoms with van der Waals surface area (Å²) < 4.78 is 0. The second-order valence-electron chi connectivity index (χ2n) is 4.24. The molecule has 3 nitrogen and oxygen atoms in total. The van der Waals surface area contributed by atoms with E-state index in [0.717, 1.165) is 25.5 Å². The van der Waals surface area contributed by atoms with Crippen LogP contribution in [0.25, 0.3) is 0 Å². The number of hydrogen-bond donors (Lipinski definition) is 1. The Balaban J connectivity index is 2.60. The van der Waals surface area contributed by atoms with E-state index in [1.165, 1.54) is 5.56 Å². The zero-order valence-corrected chi connectivity index (χ0v) is 10.8. The second kappa shape index (κ2) is 6.48. The third-order valence-electron chi connectivity index (χ3n) is 2.70. The van der Waals surface area contributed by atoms with Gasteiger partial charge in [0.15, 0.2) is 0 Å². The van der Waals surface area contributed by atoms with Crippen molar-refractivity contribution < 1.29 is 0 Å². The lowest BCUT2D eigenvalue weighted by molar-refractivity contribution is 0.224. The van der Waals surface area contributed by atoms with E-state index in [1.807, 2.05) is 12.3 Å². The molecule has 0 saturated carbocycles. The van der Waals surface area contributed by atoms with Crippen molar-refractivity contribution in [3.63, 3.8) is 0 Å². The molecule has 1 rings (SSSR count). The molecule has 16 heavy (non-hydrogen) atoms. The van der Waals surface area contributed by atoms with Crippen LogP contribution >= 0.6 is 0 Å². The summed E-state index contributed by atoms with van der Waals surface area (Å²) in [4.78, 5) is 6.80. The highest BCUT2D eigenvalue weighted by atomic mass is 15.1. The monoisotopic (exact) mass is 221 g/mol. The largest absolute Gasteiger partial charge is 0.370 e. The van der Waals surface area contributed by atoms with Gasteiger partial charge in [-0.05, 0) is 38.9 Å². The van der Waals surface area contributed by atoms with Crippen molar-refractivity contribution in [3.05, 3.63) is 23.9 Å². The van der Waals surface area contributed by atoms with E-state index in [9.17, 15) is 0 Å². The maximum atomic E-state index is 4.38. The molecule has 0 aliphatic carbocycles. The first kappa shape index (κ1) is 13.0. The predicted octanol–water partition coefficient (Wildman–Crippen LogP) is 2.74. The van der Waals surface area contributed by atoms with Crippen molar-refractivity contribution >= 4 is 5.82 Å². The van der Waals surface area contributed by atoms with Gasteiger partial charge in [-0.2, -0.15) is 0 Å². The first-order valence-electron chi connectivity index (χ1n) is 6.10. The van der Waals surface area contributed by atoms with Crippen molar-refractivity contribution in [3.8, 4) is 0 Å². The SMILES string of the molecule is CCNc1ccc(CN(CC)C(C)C)cn1. The fraction of sp³-hybridized carbons (Fsp3) is 0.615. The van der Waals surface area contributed by atoms with Crippen molar-refractivity contribution in [2.75, 3.05) is 18.4 Å². The van der Waals surface area contributed by atoms with Crippen molar-refractivity contribution in [1.82, 2.24) is 9.88 Å². The summed E-state index contributed by atoms with van der Waals surface area (Å²) in [5.74, 6) is 0.957.